The molecule has 0 amide bonds. The lowest BCUT2D eigenvalue weighted by atomic mass is 10.1. The molecule has 1 aliphatic rings. The molecule has 130 valence electrons. The van der Waals surface area contributed by atoms with E-state index in [4.69, 9.17) is 9.88 Å². The maximum atomic E-state index is 11.3. The molecular formula is C14H24N4O3S2. The molecule has 0 radical (unpaired) electrons. The van der Waals surface area contributed by atoms with E-state index < -0.39 is 10.0 Å². The lowest BCUT2D eigenvalue weighted by Gasteiger charge is -2.34. The van der Waals surface area contributed by atoms with E-state index in [2.05, 4.69) is 15.2 Å². The van der Waals surface area contributed by atoms with E-state index in [0.29, 0.717) is 12.6 Å². The van der Waals surface area contributed by atoms with Gasteiger partial charge in [0.25, 0.3) is 0 Å². The van der Waals surface area contributed by atoms with Crippen LogP contribution in [0, 0.1) is 0 Å². The number of guanidine groups is 1. The molecule has 9 heteroatoms. The van der Waals surface area contributed by atoms with Crippen molar-refractivity contribution in [2.24, 2.45) is 10.1 Å². The van der Waals surface area contributed by atoms with E-state index in [0.717, 1.165) is 43.4 Å². The summed E-state index contributed by atoms with van der Waals surface area (Å²) in [7, 11) is -1.87. The first-order chi connectivity index (χ1) is 10.9. The van der Waals surface area contributed by atoms with Gasteiger partial charge in [0, 0.05) is 31.6 Å². The van der Waals surface area contributed by atoms with Gasteiger partial charge in [0.05, 0.1) is 12.6 Å². The Morgan fingerprint density at radius 3 is 2.70 bits per heavy atom. The number of hydrogen-bond donors (Lipinski definition) is 2. The van der Waals surface area contributed by atoms with E-state index in [9.17, 15) is 8.42 Å². The number of sulfonamides is 1. The molecule has 23 heavy (non-hydrogen) atoms. The first-order valence-electron chi connectivity index (χ1n) is 7.62. The van der Waals surface area contributed by atoms with Crippen LogP contribution in [0.15, 0.2) is 21.3 Å². The molecule has 0 bridgehead atoms. The number of hydrogen-bond acceptors (Lipinski definition) is 5. The lowest BCUT2D eigenvalue weighted by Crippen LogP contribution is -2.46. The third-order valence-corrected chi connectivity index (χ3v) is 6.22. The summed E-state index contributed by atoms with van der Waals surface area (Å²) in [5, 5.41) is 8.40. The number of ether oxygens (including phenoxy) is 1. The van der Waals surface area contributed by atoms with Crippen molar-refractivity contribution in [3.63, 3.8) is 0 Å². The molecule has 0 aromatic carbocycles. The minimum Gasteiger partial charge on any atom is -0.378 e. The topological polar surface area (TPSA) is 97.0 Å². The number of nitrogens with two attached hydrogens (primary N) is 1. The molecule has 0 saturated carbocycles. The molecule has 3 N–H and O–H groups in total. The van der Waals surface area contributed by atoms with Gasteiger partial charge >= 0.3 is 0 Å². The molecule has 2 rings (SSSR count). The van der Waals surface area contributed by atoms with Crippen LogP contribution < -0.4 is 10.5 Å². The van der Waals surface area contributed by atoms with Crippen molar-refractivity contribution in [3.8, 4) is 0 Å². The van der Waals surface area contributed by atoms with Gasteiger partial charge in [-0.15, -0.1) is 11.3 Å². The number of aliphatic imine (C=N–C) groups is 1. The SMILES string of the molecule is CCOC1CCN(C(=NC)NCc2ccc(S(N)(=O)=O)s2)CC1. The summed E-state index contributed by atoms with van der Waals surface area (Å²) >= 11 is 1.18. The lowest BCUT2D eigenvalue weighted by molar-refractivity contribution is 0.0263. The van der Waals surface area contributed by atoms with Crippen molar-refractivity contribution in [1.82, 2.24) is 10.2 Å². The third-order valence-electron chi connectivity index (χ3n) is 3.69. The number of piperidine rings is 1. The first kappa shape index (κ1) is 18.2. The van der Waals surface area contributed by atoms with Crippen molar-refractivity contribution in [2.75, 3.05) is 26.7 Å². The second-order valence-corrected chi connectivity index (χ2v) is 8.26. The molecule has 1 fully saturated rings. The molecule has 0 aliphatic carbocycles. The highest BCUT2D eigenvalue weighted by atomic mass is 32.2. The summed E-state index contributed by atoms with van der Waals surface area (Å²) < 4.78 is 28.4. The van der Waals surface area contributed by atoms with Gasteiger partial charge in [-0.05, 0) is 31.9 Å². The number of primary sulfonamides is 1. The summed E-state index contributed by atoms with van der Waals surface area (Å²) in [6.45, 7) is 5.10. The van der Waals surface area contributed by atoms with E-state index in [1.54, 1.807) is 13.1 Å². The van der Waals surface area contributed by atoms with Crippen molar-refractivity contribution in [2.45, 2.75) is 36.6 Å². The summed E-state index contributed by atoms with van der Waals surface area (Å²) in [5.41, 5.74) is 0. The summed E-state index contributed by atoms with van der Waals surface area (Å²) in [5.74, 6) is 0.825. The van der Waals surface area contributed by atoms with Crippen LogP contribution in [0.3, 0.4) is 0 Å². The number of likely N-dealkylation sites (tertiary alicyclic amines) is 1. The smallest absolute Gasteiger partial charge is 0.247 e. The van der Waals surface area contributed by atoms with Crippen LogP contribution in [-0.4, -0.2) is 52.1 Å². The maximum absolute atomic E-state index is 11.3. The number of nitrogens with zero attached hydrogens (tertiary/aromatic N) is 2. The fourth-order valence-corrected chi connectivity index (χ4v) is 4.29. The normalized spacial score (nSPS) is 17.5. The Morgan fingerprint density at radius 2 is 2.17 bits per heavy atom. The van der Waals surface area contributed by atoms with Gasteiger partial charge in [-0.1, -0.05) is 0 Å². The number of thiophene rings is 1. The average molecular weight is 361 g/mol. The first-order valence-corrected chi connectivity index (χ1v) is 9.99. The molecule has 1 aliphatic heterocycles. The summed E-state index contributed by atoms with van der Waals surface area (Å²) in [4.78, 5) is 7.41. The van der Waals surface area contributed by atoms with E-state index in [1.165, 1.54) is 17.4 Å². The summed E-state index contributed by atoms with van der Waals surface area (Å²) in [6.07, 6.45) is 2.32. The van der Waals surface area contributed by atoms with Crippen molar-refractivity contribution < 1.29 is 13.2 Å². The van der Waals surface area contributed by atoms with Gasteiger partial charge in [0.1, 0.15) is 4.21 Å². The maximum Gasteiger partial charge on any atom is 0.247 e. The Morgan fingerprint density at radius 1 is 1.48 bits per heavy atom. The van der Waals surface area contributed by atoms with Crippen LogP contribution >= 0.6 is 11.3 Å². The molecule has 7 nitrogen and oxygen atoms in total. The van der Waals surface area contributed by atoms with Crippen LogP contribution in [0.1, 0.15) is 24.6 Å². The van der Waals surface area contributed by atoms with Crippen LogP contribution in [0.25, 0.3) is 0 Å². The molecule has 0 atom stereocenters. The highest BCUT2D eigenvalue weighted by Gasteiger charge is 2.21. The van der Waals surface area contributed by atoms with Crippen LogP contribution in [0.4, 0.5) is 0 Å². The van der Waals surface area contributed by atoms with Crippen molar-refractivity contribution in [3.05, 3.63) is 17.0 Å². The van der Waals surface area contributed by atoms with Crippen molar-refractivity contribution in [1.29, 1.82) is 0 Å². The van der Waals surface area contributed by atoms with Gasteiger partial charge in [-0.3, -0.25) is 4.99 Å². The Labute approximate surface area is 141 Å². The minimum absolute atomic E-state index is 0.182. The zero-order chi connectivity index (χ0) is 16.9. The quantitative estimate of drug-likeness (QED) is 0.602. The van der Waals surface area contributed by atoms with Gasteiger partial charge in [0.2, 0.25) is 10.0 Å². The Kier molecular flexibility index (Phi) is 6.40. The molecular weight excluding hydrogens is 336 g/mol. The molecule has 1 aromatic rings. The van der Waals surface area contributed by atoms with Gasteiger partial charge in [-0.25, -0.2) is 13.6 Å². The monoisotopic (exact) mass is 360 g/mol. The molecule has 0 spiro atoms. The number of rotatable bonds is 5. The average Bonchev–Trinajstić information content (AvgIpc) is 2.99. The summed E-state index contributed by atoms with van der Waals surface area (Å²) in [6, 6.07) is 3.30. The molecule has 2 heterocycles. The van der Waals surface area contributed by atoms with Crippen molar-refractivity contribution >= 4 is 27.3 Å². The van der Waals surface area contributed by atoms with Gasteiger partial charge in [-0.2, -0.15) is 0 Å². The van der Waals surface area contributed by atoms with E-state index >= 15 is 0 Å². The minimum atomic E-state index is -3.62. The van der Waals surface area contributed by atoms with Crippen LogP contribution in [-0.2, 0) is 21.3 Å². The van der Waals surface area contributed by atoms with E-state index in [-0.39, 0.29) is 4.21 Å². The van der Waals surface area contributed by atoms with Crippen LogP contribution in [0.5, 0.6) is 0 Å². The predicted octanol–water partition coefficient (Wildman–Crippen LogP) is 0.972. The zero-order valence-corrected chi connectivity index (χ0v) is 15.1. The Balaban J connectivity index is 1.87. The third kappa shape index (κ3) is 5.17. The molecule has 1 aromatic heterocycles. The Hall–Kier alpha value is -1.16. The molecule has 0 unspecified atom stereocenters. The number of nitrogens with one attached hydrogen (secondary N) is 1. The second-order valence-electron chi connectivity index (χ2n) is 5.31. The zero-order valence-electron chi connectivity index (χ0n) is 13.5. The predicted molar refractivity (Wildman–Crippen MR) is 92.1 cm³/mol. The second kappa shape index (κ2) is 8.09. The van der Waals surface area contributed by atoms with Crippen LogP contribution in [0.2, 0.25) is 0 Å². The molecule has 1 saturated heterocycles. The van der Waals surface area contributed by atoms with Gasteiger partial charge in [0.15, 0.2) is 5.96 Å². The highest BCUT2D eigenvalue weighted by molar-refractivity contribution is 7.91. The largest absolute Gasteiger partial charge is 0.378 e. The van der Waals surface area contributed by atoms with Gasteiger partial charge < -0.3 is 15.0 Å². The highest BCUT2D eigenvalue weighted by Crippen LogP contribution is 2.20. The van der Waals surface area contributed by atoms with E-state index in [1.807, 2.05) is 6.92 Å². The standard InChI is InChI=1S/C14H24N4O3S2/c1-3-21-11-6-8-18(9-7-11)14(16-2)17-10-12-4-5-13(22-12)23(15,19)20/h4-5,11H,3,6-10H2,1-2H3,(H,16,17)(H2,15,19,20). The Bertz CT molecular complexity index is 634. The fourth-order valence-electron chi connectivity index (χ4n) is 2.57. The fraction of sp³-hybridized carbons (Fsp3) is 0.643.